The number of carbonyl (C=O) groups excluding carboxylic acids is 11. The lowest BCUT2D eigenvalue weighted by Crippen LogP contribution is -2.60. The molecule has 2 aromatic rings. The number of methoxy groups -OCH3 is 3. The molecule has 2 aromatic carbocycles. The van der Waals surface area contributed by atoms with Gasteiger partial charge in [0.15, 0.2) is 0 Å². The molecule has 0 aromatic heterocycles. The lowest BCUT2D eigenvalue weighted by atomic mass is 9.89. The maximum atomic E-state index is 14.8. The number of hydrogen-bond donors (Lipinski definition) is 8. The van der Waals surface area contributed by atoms with Crippen LogP contribution in [-0.4, -0.2) is 206 Å². The van der Waals surface area contributed by atoms with Gasteiger partial charge in [-0.2, -0.15) is 0 Å². The highest BCUT2D eigenvalue weighted by Gasteiger charge is 2.44. The zero-order chi connectivity index (χ0) is 73.9. The lowest BCUT2D eigenvalue weighted by Gasteiger charge is -2.41. The van der Waals surface area contributed by atoms with Crippen LogP contribution in [0.5, 0.6) is 0 Å². The molecule has 0 bridgehead atoms. The fourth-order valence-corrected chi connectivity index (χ4v) is 11.6. The molecule has 1 saturated heterocycles. The zero-order valence-electron chi connectivity index (χ0n) is 60.2. The Morgan fingerprint density at radius 1 is 0.735 bits per heavy atom. The van der Waals surface area contributed by atoms with Crippen LogP contribution in [0.4, 0.5) is 15.3 Å². The summed E-state index contributed by atoms with van der Waals surface area (Å²) in [6, 6.07) is 6.96. The van der Waals surface area contributed by atoms with E-state index in [1.54, 1.807) is 112 Å². The molecule has 0 unspecified atom stereocenters. The number of anilines is 1. The summed E-state index contributed by atoms with van der Waals surface area (Å²) in [6.45, 7) is 21.5. The van der Waals surface area contributed by atoms with Crippen LogP contribution >= 0.6 is 0 Å². The van der Waals surface area contributed by atoms with Crippen LogP contribution in [0.2, 0.25) is 0 Å². The van der Waals surface area contributed by atoms with Crippen molar-refractivity contribution >= 4 is 71.1 Å². The van der Waals surface area contributed by atoms with Gasteiger partial charge in [-0.15, -0.1) is 0 Å². The predicted octanol–water partition coefficient (Wildman–Crippen LogP) is 5.42. The molecular weight excluding hydrogens is 1270 g/mol. The molecule has 1 aliphatic heterocycles. The Bertz CT molecular complexity index is 3030. The monoisotopic (exact) mass is 1380 g/mol. The normalized spacial score (nSPS) is 16.7. The van der Waals surface area contributed by atoms with Crippen molar-refractivity contribution < 1.29 is 81.5 Å². The van der Waals surface area contributed by atoms with Crippen molar-refractivity contribution in [2.45, 2.75) is 207 Å². The average molecular weight is 1380 g/mol. The van der Waals surface area contributed by atoms with Crippen LogP contribution < -0.4 is 37.2 Å². The van der Waals surface area contributed by atoms with Crippen LogP contribution in [0, 0.1) is 29.6 Å². The number of aliphatic hydroxyl groups excluding tert-OH is 1. The molecule has 1 heterocycles. The van der Waals surface area contributed by atoms with E-state index in [9.17, 15) is 57.8 Å². The molecule has 98 heavy (non-hydrogen) atoms. The second-order valence-electron chi connectivity index (χ2n) is 26.8. The molecule has 13 atom stereocenters. The van der Waals surface area contributed by atoms with Gasteiger partial charge in [0, 0.05) is 51.9 Å². The number of aliphatic hydroxyl groups is 1. The van der Waals surface area contributed by atoms with Crippen molar-refractivity contribution in [3.8, 4) is 0 Å². The lowest BCUT2D eigenvalue weighted by molar-refractivity contribution is -0.148. The van der Waals surface area contributed by atoms with Crippen molar-refractivity contribution in [2.24, 2.45) is 34.7 Å². The van der Waals surface area contributed by atoms with E-state index in [-0.39, 0.29) is 49.3 Å². The minimum Gasteiger partial charge on any atom is -0.469 e. The molecule has 30 heteroatoms. The molecule has 0 saturated carbocycles. The summed E-state index contributed by atoms with van der Waals surface area (Å²) in [5, 5.41) is 32.7. The first-order chi connectivity index (χ1) is 46.0. The van der Waals surface area contributed by atoms with Crippen molar-refractivity contribution in [3.05, 3.63) is 76.2 Å². The molecular formula is C68H107N13O17. The minimum absolute atomic E-state index is 0.108. The number of likely N-dealkylation sites (N-methyl/N-ethyl adjacent to an activating group) is 2. The number of alkyl carbamates (subject to hydrolysis) is 1. The highest BCUT2D eigenvalue weighted by Crippen LogP contribution is 2.31. The fraction of sp³-hybridized carbons (Fsp3) is 0.662. The summed E-state index contributed by atoms with van der Waals surface area (Å²) in [5.74, 6) is -8.19. The summed E-state index contributed by atoms with van der Waals surface area (Å²) in [6.07, 6.45) is -3.01. The second-order valence-corrected chi connectivity index (χ2v) is 26.8. The number of esters is 1. The molecule has 546 valence electrons. The van der Waals surface area contributed by atoms with E-state index in [0.717, 1.165) is 12.0 Å². The molecule has 0 aliphatic carbocycles. The summed E-state index contributed by atoms with van der Waals surface area (Å²) in [4.78, 5) is 157. The molecule has 0 spiro atoms. The van der Waals surface area contributed by atoms with E-state index in [4.69, 9.17) is 24.5 Å². The molecule has 1 fully saturated rings. The van der Waals surface area contributed by atoms with Gasteiger partial charge in [-0.3, -0.25) is 48.1 Å². The number of nitrogens with zero attached hydrogens (tertiary/aromatic N) is 6. The van der Waals surface area contributed by atoms with Gasteiger partial charge in [0.2, 0.25) is 47.3 Å². The third-order valence-electron chi connectivity index (χ3n) is 17.2. The number of hydrogen-bond acceptors (Lipinski definition) is 18. The molecule has 1 aliphatic rings. The summed E-state index contributed by atoms with van der Waals surface area (Å²) in [5.41, 5.74) is 9.07. The highest BCUT2D eigenvalue weighted by atomic mass is 16.6. The van der Waals surface area contributed by atoms with Gasteiger partial charge in [0.25, 0.3) is 0 Å². The second kappa shape index (κ2) is 40.3. The largest absolute Gasteiger partial charge is 0.469 e. The number of carbonyl (C=O) groups is 11. The summed E-state index contributed by atoms with van der Waals surface area (Å²) >= 11 is 0. The van der Waals surface area contributed by atoms with E-state index >= 15 is 0 Å². The topological polar surface area (TPSA) is 397 Å². The minimum atomic E-state index is -1.49. The van der Waals surface area contributed by atoms with E-state index in [1.807, 2.05) is 32.0 Å². The first kappa shape index (κ1) is 83.6. The Kier molecular flexibility index (Phi) is 34.4. The van der Waals surface area contributed by atoms with Crippen LogP contribution in [0.3, 0.4) is 0 Å². The van der Waals surface area contributed by atoms with Crippen molar-refractivity contribution in [1.29, 1.82) is 0 Å². The van der Waals surface area contributed by atoms with Gasteiger partial charge in [-0.25, -0.2) is 9.59 Å². The van der Waals surface area contributed by atoms with Gasteiger partial charge < -0.3 is 75.8 Å². The van der Waals surface area contributed by atoms with E-state index in [1.165, 1.54) is 38.3 Å². The maximum Gasteiger partial charge on any atom is 0.410 e. The summed E-state index contributed by atoms with van der Waals surface area (Å²) in [7, 11) is 7.15. The molecule has 3 rings (SSSR count). The first-order valence-electron chi connectivity index (χ1n) is 33.3. The van der Waals surface area contributed by atoms with Crippen LogP contribution in [0.25, 0.3) is 10.4 Å². The Hall–Kier alpha value is -8.60. The first-order valence-corrected chi connectivity index (χ1v) is 33.3. The maximum absolute atomic E-state index is 14.8. The standard InChI is InChI=1S/C68H107N13O17/c1-19-41(8)57(50(94-16)34-52(83)81-33-23-26-49(81)59(96-18)42(9)60(86)72-43(10)58(85)45-24-21-20-22-25-45)79(14)65(91)55(39(4)5)77-64(90)56(40(6)7)80(15)67(93)97-37-44-27-29-46(30-28-44)73-62(88)48(35-70-66(92)98-68(11,12)13)75-63(89)54(38(2)3)76-61(87)47(31-32-53(84)95-17)74-51(82)36-71-78-69/h20-22,24-25,27-30,38-43,47-50,54-59,85H,19,23,26,31-37H2,1-18H3,(H,70,92)(H,72,86)(H,73,88)(H,74,82)(H,75,89)(H,76,87)(H,77,90)/t41-,42+,43+,47-,48-,49-,50+,54-,55-,56-,57-,58+,59+/m0/s1. The quantitative estimate of drug-likeness (QED) is 0.0138. The average Bonchev–Trinajstić information content (AvgIpc) is 1.33. The van der Waals surface area contributed by atoms with E-state index in [0.29, 0.717) is 36.9 Å². The van der Waals surface area contributed by atoms with Crippen LogP contribution in [-0.2, 0) is 73.4 Å². The van der Waals surface area contributed by atoms with Gasteiger partial charge >= 0.3 is 18.2 Å². The number of rotatable bonds is 37. The predicted molar refractivity (Wildman–Crippen MR) is 364 cm³/mol. The number of benzene rings is 2. The number of ether oxygens (including phenoxy) is 5. The van der Waals surface area contributed by atoms with E-state index < -0.39 is 163 Å². The number of likely N-dealkylation sites (tertiary alicyclic amines) is 1. The number of nitrogens with one attached hydrogen (secondary N) is 7. The van der Waals surface area contributed by atoms with Crippen LogP contribution in [0.1, 0.15) is 146 Å². The van der Waals surface area contributed by atoms with Gasteiger partial charge in [0.1, 0.15) is 49.0 Å². The number of azide groups is 1. The Morgan fingerprint density at radius 3 is 1.91 bits per heavy atom. The van der Waals surface area contributed by atoms with Crippen molar-refractivity contribution in [2.75, 3.05) is 60.4 Å². The van der Waals surface area contributed by atoms with Gasteiger partial charge in [-0.1, -0.05) is 116 Å². The molecule has 10 amide bonds. The highest BCUT2D eigenvalue weighted by molar-refractivity contribution is 5.99. The SMILES string of the molecule is CC[C@H](C)[C@@H]([C@@H](CC(=O)N1CCC[C@H]1[C@H](OC)[C@@H](C)C(=O)N[C@H](C)[C@@H](O)c1ccccc1)OC)N(C)C(=O)[C@@H](NC(=O)[C@H](C(C)C)N(C)C(=O)OCc1ccc(NC(=O)[C@H](CNC(=O)OC(C)(C)C)NC(=O)[C@@H](NC(=O)[C@H](CCC(=O)OC)NC(=O)CN=[N+]=[N-])C(C)C)cc1)C(C)C. The van der Waals surface area contributed by atoms with Crippen molar-refractivity contribution in [3.63, 3.8) is 0 Å². The Balaban J connectivity index is 1.76. The van der Waals surface area contributed by atoms with Crippen molar-refractivity contribution in [1.82, 2.24) is 46.6 Å². The molecule has 8 N–H and O–H groups in total. The third-order valence-corrected chi connectivity index (χ3v) is 17.2. The van der Waals surface area contributed by atoms with Gasteiger partial charge in [-0.05, 0) is 99.4 Å². The van der Waals surface area contributed by atoms with Gasteiger partial charge in [0.05, 0.1) is 62.4 Å². The summed E-state index contributed by atoms with van der Waals surface area (Å²) < 4.78 is 27.7. The smallest absolute Gasteiger partial charge is 0.410 e. The van der Waals surface area contributed by atoms with Crippen LogP contribution in [0.15, 0.2) is 59.7 Å². The Labute approximate surface area is 575 Å². The zero-order valence-corrected chi connectivity index (χ0v) is 60.2. The molecule has 0 radical (unpaired) electrons. The third kappa shape index (κ3) is 25.7. The molecule has 30 nitrogen and oxygen atoms in total. The fourth-order valence-electron chi connectivity index (χ4n) is 11.6. The van der Waals surface area contributed by atoms with E-state index in [2.05, 4.69) is 52.0 Å². The Morgan fingerprint density at radius 2 is 1.36 bits per heavy atom. The number of amides is 10.